The van der Waals surface area contributed by atoms with E-state index in [2.05, 4.69) is 262 Å². The first-order chi connectivity index (χ1) is 34.7. The molecule has 0 heteroatoms. The summed E-state index contributed by atoms with van der Waals surface area (Å²) in [5.41, 5.74) is 34.2. The Hall–Kier alpha value is -7.80. The van der Waals surface area contributed by atoms with Gasteiger partial charge < -0.3 is 0 Å². The van der Waals surface area contributed by atoms with Crippen LogP contribution in [0.2, 0.25) is 0 Å². The molecular formula is C72H58. The van der Waals surface area contributed by atoms with E-state index in [9.17, 15) is 0 Å². The summed E-state index contributed by atoms with van der Waals surface area (Å²) in [7, 11) is 0. The van der Waals surface area contributed by atoms with Crippen molar-refractivity contribution in [3.8, 4) is 100 Å². The molecule has 0 saturated carbocycles. The lowest BCUT2D eigenvalue weighted by Gasteiger charge is -2.24. The molecule has 10 aromatic rings. The lowest BCUT2D eigenvalue weighted by atomic mass is 9.79. The van der Waals surface area contributed by atoms with E-state index < -0.39 is 0 Å². The highest BCUT2D eigenvalue weighted by molar-refractivity contribution is 5.94. The maximum absolute atomic E-state index is 2.50. The van der Waals surface area contributed by atoms with Crippen LogP contribution in [0.1, 0.15) is 99.9 Å². The first-order valence-corrected chi connectivity index (χ1v) is 26.0. The Labute approximate surface area is 425 Å². The summed E-state index contributed by atoms with van der Waals surface area (Å²) in [5.74, 6) is 0. The number of benzene rings is 10. The van der Waals surface area contributed by atoms with Crippen LogP contribution in [0.25, 0.3) is 100 Å². The molecule has 14 rings (SSSR count). The van der Waals surface area contributed by atoms with Crippen LogP contribution in [-0.2, 0) is 21.7 Å². The third kappa shape index (κ3) is 5.99. The van der Waals surface area contributed by atoms with E-state index in [0.717, 1.165) is 0 Å². The fraction of sp³-hybridized carbons (Fsp3) is 0.167. The highest BCUT2D eigenvalue weighted by Crippen LogP contribution is 2.56. The van der Waals surface area contributed by atoms with Crippen LogP contribution in [0, 0.1) is 0 Å². The molecule has 0 aliphatic heterocycles. The van der Waals surface area contributed by atoms with Crippen LogP contribution in [0.5, 0.6) is 0 Å². The molecule has 0 atom stereocenters. The molecule has 4 aliphatic rings. The quantitative estimate of drug-likeness (QED) is 0.161. The smallest absolute Gasteiger partial charge is 0.0159 e. The lowest BCUT2D eigenvalue weighted by Crippen LogP contribution is -2.16. The van der Waals surface area contributed by atoms with E-state index in [1.54, 1.807) is 0 Å². The Morgan fingerprint density at radius 3 is 0.792 bits per heavy atom. The minimum atomic E-state index is -0.199. The van der Waals surface area contributed by atoms with E-state index in [1.807, 2.05) is 0 Å². The Balaban J connectivity index is 0.805. The van der Waals surface area contributed by atoms with E-state index in [0.29, 0.717) is 0 Å². The molecule has 0 bridgehead atoms. The molecule has 0 amide bonds. The average Bonchev–Trinajstić information content (AvgIpc) is 3.97. The van der Waals surface area contributed by atoms with Gasteiger partial charge in [0.1, 0.15) is 0 Å². The third-order valence-electron chi connectivity index (χ3n) is 17.9. The molecule has 0 spiro atoms. The summed E-state index contributed by atoms with van der Waals surface area (Å²) in [6, 6.07) is 79.0. The summed E-state index contributed by atoms with van der Waals surface area (Å²) in [6.07, 6.45) is 0. The molecule has 0 unspecified atom stereocenters. The van der Waals surface area contributed by atoms with Crippen molar-refractivity contribution in [2.75, 3.05) is 0 Å². The van der Waals surface area contributed by atoms with Gasteiger partial charge in [-0.25, -0.2) is 0 Å². The molecule has 0 heterocycles. The minimum Gasteiger partial charge on any atom is -0.0622 e. The molecule has 4 aliphatic carbocycles. The maximum Gasteiger partial charge on any atom is 0.0159 e. The van der Waals surface area contributed by atoms with Crippen molar-refractivity contribution in [1.29, 1.82) is 0 Å². The zero-order chi connectivity index (χ0) is 49.1. The molecule has 346 valence electrons. The van der Waals surface area contributed by atoms with Crippen LogP contribution in [0.15, 0.2) is 206 Å². The van der Waals surface area contributed by atoms with Crippen LogP contribution < -0.4 is 0 Å². The van der Waals surface area contributed by atoms with Crippen molar-refractivity contribution in [2.24, 2.45) is 0 Å². The van der Waals surface area contributed by atoms with Crippen molar-refractivity contribution >= 4 is 0 Å². The number of hydrogen-bond acceptors (Lipinski definition) is 0. The standard InChI is InChI=1S/C72H58/c1-69(2)61-20-14-12-18-52(61)54-30-23-45(37-63(54)69)46-24-31-56-57-32-25-47(39-65(57)71(5,6)64(56)38-46)48-26-33-58-59-35-28-50(42-68(59)72(7,8)66(58)40-48)60-36-44(43-16-10-9-11-17-43)22-29-51(60)49-27-34-55-53-19-13-15-21-62(53)70(3,4)67(55)41-49/h9-42H,1-8H3. The second-order valence-electron chi connectivity index (χ2n) is 23.3. The molecule has 10 aromatic carbocycles. The molecule has 0 radical (unpaired) electrons. The first kappa shape index (κ1) is 43.0. The largest absolute Gasteiger partial charge is 0.0622 e. The van der Waals surface area contributed by atoms with Crippen molar-refractivity contribution < 1.29 is 0 Å². The van der Waals surface area contributed by atoms with Gasteiger partial charge in [-0.3, -0.25) is 0 Å². The third-order valence-corrected chi connectivity index (χ3v) is 17.9. The number of rotatable bonds is 5. The molecule has 0 fully saturated rings. The van der Waals surface area contributed by atoms with Crippen LogP contribution in [-0.4, -0.2) is 0 Å². The Morgan fingerprint density at radius 1 is 0.167 bits per heavy atom. The van der Waals surface area contributed by atoms with E-state index in [-0.39, 0.29) is 21.7 Å². The lowest BCUT2D eigenvalue weighted by molar-refractivity contribution is 0.659. The monoisotopic (exact) mass is 922 g/mol. The van der Waals surface area contributed by atoms with Crippen LogP contribution in [0.4, 0.5) is 0 Å². The van der Waals surface area contributed by atoms with Crippen molar-refractivity contribution in [3.63, 3.8) is 0 Å². The van der Waals surface area contributed by atoms with Crippen molar-refractivity contribution in [2.45, 2.75) is 77.0 Å². The Kier molecular flexibility index (Phi) is 8.89. The SMILES string of the molecule is CC1(C)c2ccccc2-c2ccc(-c3ccc4c(c3)C(C)(C)c3cc(-c5ccc6c(c5)C(C)(C)c5cc(-c7cc(-c8ccccc8)ccc7-c7ccc8c(c7)C(C)(C)c7ccccc7-8)ccc5-6)ccc3-4)cc21. The zero-order valence-electron chi connectivity index (χ0n) is 42.6. The minimum absolute atomic E-state index is 0.0296. The Morgan fingerprint density at radius 2 is 0.417 bits per heavy atom. The second kappa shape index (κ2) is 14.9. The van der Waals surface area contributed by atoms with Gasteiger partial charge in [-0.05, 0) is 187 Å². The average molecular weight is 923 g/mol. The number of hydrogen-bond donors (Lipinski definition) is 0. The molecule has 72 heavy (non-hydrogen) atoms. The van der Waals surface area contributed by atoms with Gasteiger partial charge in [-0.1, -0.05) is 219 Å². The van der Waals surface area contributed by atoms with Gasteiger partial charge in [0.2, 0.25) is 0 Å². The van der Waals surface area contributed by atoms with Crippen LogP contribution in [0.3, 0.4) is 0 Å². The number of fused-ring (bicyclic) bond motifs is 12. The summed E-state index contributed by atoms with van der Waals surface area (Å²) in [4.78, 5) is 0. The summed E-state index contributed by atoms with van der Waals surface area (Å²) >= 11 is 0. The predicted octanol–water partition coefficient (Wildman–Crippen LogP) is 19.2. The Bertz CT molecular complexity index is 3960. The first-order valence-electron chi connectivity index (χ1n) is 26.0. The maximum atomic E-state index is 2.50. The van der Waals surface area contributed by atoms with Gasteiger partial charge in [0.05, 0.1) is 0 Å². The van der Waals surface area contributed by atoms with Gasteiger partial charge in [0.25, 0.3) is 0 Å². The van der Waals surface area contributed by atoms with Gasteiger partial charge in [-0.15, -0.1) is 0 Å². The van der Waals surface area contributed by atoms with Gasteiger partial charge in [0.15, 0.2) is 0 Å². The fourth-order valence-electron chi connectivity index (χ4n) is 13.8. The molecular weight excluding hydrogens is 865 g/mol. The zero-order valence-corrected chi connectivity index (χ0v) is 42.6. The van der Waals surface area contributed by atoms with Crippen molar-refractivity contribution in [3.05, 3.63) is 251 Å². The highest BCUT2D eigenvalue weighted by Gasteiger charge is 2.40. The predicted molar refractivity (Wildman–Crippen MR) is 304 cm³/mol. The molecule has 0 saturated heterocycles. The summed E-state index contributed by atoms with van der Waals surface area (Å²) < 4.78 is 0. The summed E-state index contributed by atoms with van der Waals surface area (Å²) in [6.45, 7) is 19.2. The van der Waals surface area contributed by atoms with E-state index in [4.69, 9.17) is 0 Å². The van der Waals surface area contributed by atoms with Gasteiger partial charge in [0, 0.05) is 21.7 Å². The molecule has 0 nitrogen and oxygen atoms in total. The summed E-state index contributed by atoms with van der Waals surface area (Å²) in [5, 5.41) is 0. The van der Waals surface area contributed by atoms with E-state index in [1.165, 1.54) is 145 Å². The van der Waals surface area contributed by atoms with E-state index >= 15 is 0 Å². The fourth-order valence-corrected chi connectivity index (χ4v) is 13.8. The molecule has 0 aromatic heterocycles. The van der Waals surface area contributed by atoms with Gasteiger partial charge >= 0.3 is 0 Å². The topological polar surface area (TPSA) is 0 Å². The second-order valence-corrected chi connectivity index (χ2v) is 23.3. The molecule has 0 N–H and O–H groups in total. The van der Waals surface area contributed by atoms with Crippen molar-refractivity contribution in [1.82, 2.24) is 0 Å². The van der Waals surface area contributed by atoms with Crippen LogP contribution >= 0.6 is 0 Å². The normalized spacial score (nSPS) is 15.9. The highest BCUT2D eigenvalue weighted by atomic mass is 14.4. The van der Waals surface area contributed by atoms with Gasteiger partial charge in [-0.2, -0.15) is 0 Å².